The molecular formula is C19H23F3N4O2. The maximum absolute atomic E-state index is 13.1. The van der Waals surface area contributed by atoms with E-state index in [4.69, 9.17) is 4.74 Å². The van der Waals surface area contributed by atoms with Gasteiger partial charge in [0.25, 0.3) is 0 Å². The van der Waals surface area contributed by atoms with Crippen molar-refractivity contribution in [2.45, 2.75) is 12.2 Å². The van der Waals surface area contributed by atoms with Crippen molar-refractivity contribution < 1.29 is 22.7 Å². The number of ether oxygens (including phenoxy) is 1. The van der Waals surface area contributed by atoms with E-state index in [1.165, 1.54) is 18.2 Å². The largest absolute Gasteiger partial charge is 0.418 e. The number of aromatic nitrogens is 1. The Bertz CT molecular complexity index is 800. The van der Waals surface area contributed by atoms with Crippen LogP contribution in [0.2, 0.25) is 0 Å². The fraction of sp³-hybridized carbons (Fsp3) is 0.421. The third-order valence-electron chi connectivity index (χ3n) is 4.75. The first-order valence-electron chi connectivity index (χ1n) is 9.00. The SMILES string of the molecule is Cn1cccc1[C@@H](CNC(=O)Nc1ccccc1C(F)(F)F)N1CCOCC1. The number of alkyl halides is 3. The number of carbonyl (C=O) groups excluding carboxylic acids is 1. The molecule has 1 fully saturated rings. The van der Waals surface area contributed by atoms with Crippen molar-refractivity contribution in [2.75, 3.05) is 38.2 Å². The topological polar surface area (TPSA) is 58.5 Å². The molecule has 6 nitrogen and oxygen atoms in total. The standard InChI is InChI=1S/C19H23F3N4O2/c1-25-8-4-7-16(25)17(26-9-11-28-12-10-26)13-23-18(27)24-15-6-3-2-5-14(15)19(20,21)22/h2-8,17H,9-13H2,1H3,(H2,23,24,27)/t17-/m1/s1. The molecular weight excluding hydrogens is 373 g/mol. The van der Waals surface area contributed by atoms with Crippen LogP contribution in [0, 0.1) is 0 Å². The van der Waals surface area contributed by atoms with Crippen LogP contribution in [0.25, 0.3) is 0 Å². The number of anilines is 1. The maximum atomic E-state index is 13.1. The number of benzene rings is 1. The van der Waals surface area contributed by atoms with Gasteiger partial charge in [0.1, 0.15) is 0 Å². The predicted octanol–water partition coefficient (Wildman–Crippen LogP) is 3.24. The molecule has 0 radical (unpaired) electrons. The number of hydrogen-bond acceptors (Lipinski definition) is 3. The van der Waals surface area contributed by atoms with Crippen LogP contribution in [0.15, 0.2) is 42.6 Å². The van der Waals surface area contributed by atoms with Crippen LogP contribution < -0.4 is 10.6 Å². The Hall–Kier alpha value is -2.52. The normalized spacial score (nSPS) is 16.6. The number of carbonyl (C=O) groups is 1. The van der Waals surface area contributed by atoms with E-state index < -0.39 is 17.8 Å². The molecule has 9 heteroatoms. The molecule has 2 N–H and O–H groups in total. The third-order valence-corrected chi connectivity index (χ3v) is 4.75. The lowest BCUT2D eigenvalue weighted by Crippen LogP contribution is -2.45. The number of nitrogens with one attached hydrogen (secondary N) is 2. The highest BCUT2D eigenvalue weighted by atomic mass is 19.4. The highest BCUT2D eigenvalue weighted by Gasteiger charge is 2.33. The first kappa shape index (κ1) is 20.2. The van der Waals surface area contributed by atoms with Crippen molar-refractivity contribution >= 4 is 11.7 Å². The lowest BCUT2D eigenvalue weighted by atomic mass is 10.1. The van der Waals surface area contributed by atoms with Crippen LogP contribution in [0.4, 0.5) is 23.7 Å². The van der Waals surface area contributed by atoms with E-state index in [0.29, 0.717) is 13.2 Å². The lowest BCUT2D eigenvalue weighted by molar-refractivity contribution is -0.136. The average molecular weight is 396 g/mol. The Labute approximate surface area is 161 Å². The Balaban J connectivity index is 1.68. The van der Waals surface area contributed by atoms with Gasteiger partial charge in [0, 0.05) is 38.6 Å². The zero-order chi connectivity index (χ0) is 20.1. The molecule has 1 saturated heterocycles. The Kier molecular flexibility index (Phi) is 6.25. The first-order valence-corrected chi connectivity index (χ1v) is 9.00. The van der Waals surface area contributed by atoms with E-state index in [2.05, 4.69) is 15.5 Å². The minimum atomic E-state index is -4.54. The molecule has 0 bridgehead atoms. The summed E-state index contributed by atoms with van der Waals surface area (Å²) in [4.78, 5) is 14.5. The molecule has 0 spiro atoms. The number of para-hydroxylation sites is 1. The first-order chi connectivity index (χ1) is 13.4. The van der Waals surface area contributed by atoms with Gasteiger partial charge in [-0.15, -0.1) is 0 Å². The van der Waals surface area contributed by atoms with Crippen molar-refractivity contribution in [3.05, 3.63) is 53.9 Å². The van der Waals surface area contributed by atoms with Crippen molar-refractivity contribution in [1.82, 2.24) is 14.8 Å². The van der Waals surface area contributed by atoms with Crippen LogP contribution in [-0.4, -0.2) is 48.3 Å². The average Bonchev–Trinajstić information content (AvgIpc) is 3.08. The van der Waals surface area contributed by atoms with Gasteiger partial charge in [0.15, 0.2) is 0 Å². The van der Waals surface area contributed by atoms with E-state index in [0.717, 1.165) is 24.8 Å². The highest BCUT2D eigenvalue weighted by Crippen LogP contribution is 2.34. The van der Waals surface area contributed by atoms with Gasteiger partial charge in [-0.2, -0.15) is 13.2 Å². The van der Waals surface area contributed by atoms with Gasteiger partial charge in [0.05, 0.1) is 30.5 Å². The van der Waals surface area contributed by atoms with Crippen molar-refractivity contribution in [2.24, 2.45) is 7.05 Å². The van der Waals surface area contributed by atoms with Crippen molar-refractivity contribution in [1.29, 1.82) is 0 Å². The number of halogens is 3. The summed E-state index contributed by atoms with van der Waals surface area (Å²) in [7, 11) is 1.92. The van der Waals surface area contributed by atoms with E-state index in [-0.39, 0.29) is 18.3 Å². The van der Waals surface area contributed by atoms with Gasteiger partial charge in [-0.25, -0.2) is 4.79 Å². The second-order valence-electron chi connectivity index (χ2n) is 6.59. The fourth-order valence-electron chi connectivity index (χ4n) is 3.33. The summed E-state index contributed by atoms with van der Waals surface area (Å²) in [5, 5.41) is 5.02. The fourth-order valence-corrected chi connectivity index (χ4v) is 3.33. The van der Waals surface area contributed by atoms with E-state index in [9.17, 15) is 18.0 Å². The smallest absolute Gasteiger partial charge is 0.379 e. The van der Waals surface area contributed by atoms with Gasteiger partial charge in [-0.1, -0.05) is 12.1 Å². The molecule has 0 saturated carbocycles. The second kappa shape index (κ2) is 8.66. The van der Waals surface area contributed by atoms with Gasteiger partial charge >= 0.3 is 12.2 Å². The summed E-state index contributed by atoms with van der Waals surface area (Å²) in [5.74, 6) is 0. The van der Waals surface area contributed by atoms with Crippen LogP contribution in [0.5, 0.6) is 0 Å². The van der Waals surface area contributed by atoms with Crippen molar-refractivity contribution in [3.63, 3.8) is 0 Å². The number of urea groups is 1. The number of rotatable bonds is 5. The van der Waals surface area contributed by atoms with Crippen LogP contribution in [-0.2, 0) is 18.0 Å². The van der Waals surface area contributed by atoms with E-state index in [1.807, 2.05) is 29.9 Å². The summed E-state index contributed by atoms with van der Waals surface area (Å²) in [6, 6.07) is 8.02. The maximum Gasteiger partial charge on any atom is 0.418 e. The van der Waals surface area contributed by atoms with Gasteiger partial charge < -0.3 is 19.9 Å². The number of aryl methyl sites for hydroxylation is 1. The van der Waals surface area contributed by atoms with Gasteiger partial charge in [0.2, 0.25) is 0 Å². The minimum absolute atomic E-state index is 0.104. The summed E-state index contributed by atoms with van der Waals surface area (Å²) in [5.41, 5.74) is -0.135. The highest BCUT2D eigenvalue weighted by molar-refractivity contribution is 5.90. The number of morpholine rings is 1. The molecule has 0 unspecified atom stereocenters. The molecule has 152 valence electrons. The second-order valence-corrected chi connectivity index (χ2v) is 6.59. The van der Waals surface area contributed by atoms with Crippen LogP contribution in [0.3, 0.4) is 0 Å². The molecule has 2 aromatic rings. The molecule has 2 heterocycles. The molecule has 1 aromatic heterocycles. The molecule has 2 amide bonds. The predicted molar refractivity (Wildman–Crippen MR) is 99.0 cm³/mol. The summed E-state index contributed by atoms with van der Waals surface area (Å²) >= 11 is 0. The van der Waals surface area contributed by atoms with Crippen molar-refractivity contribution in [3.8, 4) is 0 Å². The number of amides is 2. The van der Waals surface area contributed by atoms with E-state index in [1.54, 1.807) is 0 Å². The van der Waals surface area contributed by atoms with E-state index >= 15 is 0 Å². The summed E-state index contributed by atoms with van der Waals surface area (Å²) in [6.45, 7) is 2.90. The number of nitrogens with zero attached hydrogens (tertiary/aromatic N) is 2. The monoisotopic (exact) mass is 396 g/mol. The summed E-state index contributed by atoms with van der Waals surface area (Å²) < 4.78 is 46.6. The molecule has 0 aliphatic carbocycles. The molecule has 1 aliphatic heterocycles. The van der Waals surface area contributed by atoms with Crippen LogP contribution in [0.1, 0.15) is 17.3 Å². The van der Waals surface area contributed by atoms with Gasteiger partial charge in [-0.05, 0) is 24.3 Å². The third kappa shape index (κ3) is 4.85. The summed E-state index contributed by atoms with van der Waals surface area (Å²) in [6.07, 6.45) is -2.62. The molecule has 3 rings (SSSR count). The molecule has 28 heavy (non-hydrogen) atoms. The zero-order valence-electron chi connectivity index (χ0n) is 15.5. The van der Waals surface area contributed by atoms with Gasteiger partial charge in [-0.3, -0.25) is 4.90 Å². The van der Waals surface area contributed by atoms with Crippen LogP contribution >= 0.6 is 0 Å². The molecule has 1 aromatic carbocycles. The quantitative estimate of drug-likeness (QED) is 0.816. The Morgan fingerprint density at radius 1 is 1.18 bits per heavy atom. The molecule has 1 aliphatic rings. The minimum Gasteiger partial charge on any atom is -0.379 e. The molecule has 1 atom stereocenters. The number of hydrogen-bond donors (Lipinski definition) is 2. The Morgan fingerprint density at radius 2 is 1.89 bits per heavy atom. The Morgan fingerprint density at radius 3 is 2.54 bits per heavy atom. The lowest BCUT2D eigenvalue weighted by Gasteiger charge is -2.35. The zero-order valence-corrected chi connectivity index (χ0v) is 15.5.